The molecule has 0 bridgehead atoms. The van der Waals surface area contributed by atoms with Gasteiger partial charge in [-0.15, -0.1) is 0 Å². The van der Waals surface area contributed by atoms with Crippen LogP contribution in [0.1, 0.15) is 16.7 Å². The van der Waals surface area contributed by atoms with Gasteiger partial charge in [0.25, 0.3) is 0 Å². The first kappa shape index (κ1) is 14.9. The molecule has 3 rings (SSSR count). The quantitative estimate of drug-likeness (QED) is 0.924. The van der Waals surface area contributed by atoms with Gasteiger partial charge in [0.05, 0.1) is 17.7 Å². The van der Waals surface area contributed by atoms with E-state index in [0.29, 0.717) is 24.4 Å². The molecule has 0 aliphatic carbocycles. The number of nitrogens with one attached hydrogen (secondary N) is 1. The van der Waals surface area contributed by atoms with Crippen molar-refractivity contribution in [3.8, 4) is 6.07 Å². The van der Waals surface area contributed by atoms with Crippen LogP contribution in [0.25, 0.3) is 0 Å². The Balaban J connectivity index is 1.64. The van der Waals surface area contributed by atoms with Crippen molar-refractivity contribution < 1.29 is 9.53 Å². The van der Waals surface area contributed by atoms with E-state index < -0.39 is 0 Å². The minimum Gasteiger partial charge on any atom is -0.491 e. The number of nitrogens with zero attached hydrogens (tertiary/aromatic N) is 1. The number of carbonyl (C=O) groups is 1. The summed E-state index contributed by atoms with van der Waals surface area (Å²) in [6.45, 7) is 0.373. The monoisotopic (exact) mass is 304 g/mol. The topological polar surface area (TPSA) is 62.1 Å². The Kier molecular flexibility index (Phi) is 4.39. The maximum atomic E-state index is 11.6. The van der Waals surface area contributed by atoms with Gasteiger partial charge in [0.2, 0.25) is 5.91 Å². The first-order valence-corrected chi connectivity index (χ1v) is 7.42. The normalized spacial score (nSPS) is 16.4. The summed E-state index contributed by atoms with van der Waals surface area (Å²) < 4.78 is 5.81. The van der Waals surface area contributed by atoms with Gasteiger partial charge in [0, 0.05) is 6.08 Å². The van der Waals surface area contributed by atoms with Crippen molar-refractivity contribution in [1.82, 2.24) is 5.32 Å². The molecule has 114 valence electrons. The molecule has 1 aliphatic rings. The number of hydrogen-bond donors (Lipinski definition) is 1. The van der Waals surface area contributed by atoms with Crippen LogP contribution >= 0.6 is 0 Å². The molecule has 1 amide bonds. The van der Waals surface area contributed by atoms with Crippen LogP contribution in [-0.2, 0) is 22.6 Å². The molecule has 0 saturated carbocycles. The molecule has 1 atom stereocenters. The second-order valence-electron chi connectivity index (χ2n) is 5.40. The fourth-order valence-corrected chi connectivity index (χ4v) is 2.50. The molecule has 0 fully saturated rings. The summed E-state index contributed by atoms with van der Waals surface area (Å²) in [7, 11) is 0. The van der Waals surface area contributed by atoms with Crippen molar-refractivity contribution in [2.24, 2.45) is 0 Å². The summed E-state index contributed by atoms with van der Waals surface area (Å²) in [6.07, 6.45) is 2.21. The van der Waals surface area contributed by atoms with Crippen molar-refractivity contribution in [3.63, 3.8) is 0 Å². The lowest BCUT2D eigenvalue weighted by atomic mass is 10.1. The van der Waals surface area contributed by atoms with Crippen LogP contribution in [0.5, 0.6) is 0 Å². The largest absolute Gasteiger partial charge is 0.491 e. The first-order chi connectivity index (χ1) is 11.2. The second-order valence-corrected chi connectivity index (χ2v) is 5.40. The number of benzene rings is 2. The van der Waals surface area contributed by atoms with Gasteiger partial charge in [-0.3, -0.25) is 4.79 Å². The van der Waals surface area contributed by atoms with Gasteiger partial charge in [-0.25, -0.2) is 0 Å². The Bertz CT molecular complexity index is 758. The van der Waals surface area contributed by atoms with Crippen molar-refractivity contribution in [2.45, 2.75) is 19.1 Å². The molecule has 4 nitrogen and oxygen atoms in total. The Morgan fingerprint density at radius 2 is 1.78 bits per heavy atom. The molecule has 0 spiro atoms. The average molecular weight is 304 g/mol. The van der Waals surface area contributed by atoms with E-state index in [0.717, 1.165) is 11.1 Å². The lowest BCUT2D eigenvalue weighted by Crippen LogP contribution is -2.31. The standard InChI is InChI=1S/C19H16N2O2/c20-12-15-6-8-16(9-7-15)13-23-18-11-19(22)21-17(18)10-14-4-2-1-3-5-14/h1-9,11,17H,10,13H2,(H,21,22). The highest BCUT2D eigenvalue weighted by Crippen LogP contribution is 2.18. The molecular weight excluding hydrogens is 288 g/mol. The van der Waals surface area contributed by atoms with Crippen molar-refractivity contribution in [1.29, 1.82) is 5.26 Å². The van der Waals surface area contributed by atoms with E-state index in [1.807, 2.05) is 42.5 Å². The molecule has 4 heteroatoms. The lowest BCUT2D eigenvalue weighted by Gasteiger charge is -2.16. The third kappa shape index (κ3) is 3.78. The molecular formula is C19H16N2O2. The highest BCUT2D eigenvalue weighted by Gasteiger charge is 2.25. The van der Waals surface area contributed by atoms with Gasteiger partial charge in [0.15, 0.2) is 0 Å². The first-order valence-electron chi connectivity index (χ1n) is 7.42. The van der Waals surface area contributed by atoms with Gasteiger partial charge >= 0.3 is 0 Å². The fourth-order valence-electron chi connectivity index (χ4n) is 2.50. The highest BCUT2D eigenvalue weighted by molar-refractivity contribution is 5.91. The van der Waals surface area contributed by atoms with E-state index in [1.165, 1.54) is 6.08 Å². The second kappa shape index (κ2) is 6.80. The van der Waals surface area contributed by atoms with Crippen LogP contribution in [0.2, 0.25) is 0 Å². The Hall–Kier alpha value is -3.06. The molecule has 1 aliphatic heterocycles. The number of ether oxygens (including phenoxy) is 1. The minimum absolute atomic E-state index is 0.124. The van der Waals surface area contributed by atoms with Gasteiger partial charge < -0.3 is 10.1 Å². The van der Waals surface area contributed by atoms with Gasteiger partial charge in [-0.05, 0) is 29.7 Å². The van der Waals surface area contributed by atoms with E-state index >= 15 is 0 Å². The molecule has 1 unspecified atom stereocenters. The zero-order valence-electron chi connectivity index (χ0n) is 12.5. The summed E-state index contributed by atoms with van der Waals surface area (Å²) in [5, 5.41) is 11.7. The van der Waals surface area contributed by atoms with Crippen molar-refractivity contribution in [2.75, 3.05) is 0 Å². The zero-order chi connectivity index (χ0) is 16.1. The molecule has 23 heavy (non-hydrogen) atoms. The third-order valence-corrected chi connectivity index (χ3v) is 3.70. The average Bonchev–Trinajstić information content (AvgIpc) is 2.94. The molecule has 1 N–H and O–H groups in total. The van der Waals surface area contributed by atoms with Crippen molar-refractivity contribution >= 4 is 5.91 Å². The smallest absolute Gasteiger partial charge is 0.248 e. The van der Waals surface area contributed by atoms with Crippen LogP contribution in [-0.4, -0.2) is 11.9 Å². The summed E-state index contributed by atoms with van der Waals surface area (Å²) in [5.74, 6) is 0.531. The Morgan fingerprint density at radius 1 is 1.04 bits per heavy atom. The lowest BCUT2D eigenvalue weighted by molar-refractivity contribution is -0.116. The van der Waals surface area contributed by atoms with Crippen LogP contribution in [0.15, 0.2) is 66.4 Å². The maximum absolute atomic E-state index is 11.6. The van der Waals surface area contributed by atoms with Gasteiger partial charge in [0.1, 0.15) is 12.4 Å². The number of carbonyl (C=O) groups excluding carboxylic acids is 1. The third-order valence-electron chi connectivity index (χ3n) is 3.70. The molecule has 0 aromatic heterocycles. The van der Waals surface area contributed by atoms with E-state index in [-0.39, 0.29) is 11.9 Å². The molecule has 2 aromatic rings. The molecule has 0 radical (unpaired) electrons. The zero-order valence-corrected chi connectivity index (χ0v) is 12.5. The number of nitriles is 1. The Labute approximate surface area is 135 Å². The van der Waals surface area contributed by atoms with Crippen LogP contribution in [0.3, 0.4) is 0 Å². The fraction of sp³-hybridized carbons (Fsp3) is 0.158. The predicted molar refractivity (Wildman–Crippen MR) is 86.1 cm³/mol. The Morgan fingerprint density at radius 3 is 2.48 bits per heavy atom. The van der Waals surface area contributed by atoms with Crippen LogP contribution in [0.4, 0.5) is 0 Å². The van der Waals surface area contributed by atoms with E-state index in [1.54, 1.807) is 12.1 Å². The molecule has 0 saturated heterocycles. The van der Waals surface area contributed by atoms with E-state index in [9.17, 15) is 4.79 Å². The summed E-state index contributed by atoms with van der Waals surface area (Å²) in [4.78, 5) is 11.6. The number of amides is 1. The SMILES string of the molecule is N#Cc1ccc(COC2=CC(=O)NC2Cc2ccccc2)cc1. The summed E-state index contributed by atoms with van der Waals surface area (Å²) >= 11 is 0. The van der Waals surface area contributed by atoms with E-state index in [4.69, 9.17) is 10.00 Å². The summed E-state index contributed by atoms with van der Waals surface area (Å²) in [6, 6.07) is 19.2. The number of rotatable bonds is 5. The highest BCUT2D eigenvalue weighted by atomic mass is 16.5. The predicted octanol–water partition coefficient (Wildman–Crippen LogP) is 2.70. The molecule has 2 aromatic carbocycles. The maximum Gasteiger partial charge on any atom is 0.248 e. The van der Waals surface area contributed by atoms with Crippen LogP contribution in [0, 0.1) is 11.3 Å². The molecule has 1 heterocycles. The van der Waals surface area contributed by atoms with Crippen LogP contribution < -0.4 is 5.32 Å². The van der Waals surface area contributed by atoms with Gasteiger partial charge in [-0.2, -0.15) is 5.26 Å². The van der Waals surface area contributed by atoms with E-state index in [2.05, 4.69) is 11.4 Å². The van der Waals surface area contributed by atoms with Gasteiger partial charge in [-0.1, -0.05) is 42.5 Å². The minimum atomic E-state index is -0.136. The summed E-state index contributed by atoms with van der Waals surface area (Å²) in [5.41, 5.74) is 2.72. The van der Waals surface area contributed by atoms with Crippen molar-refractivity contribution in [3.05, 3.63) is 83.1 Å². The number of hydrogen-bond acceptors (Lipinski definition) is 3.